The highest BCUT2D eigenvalue weighted by atomic mass is 16.4. The number of hydrogen-bond donors (Lipinski definition) is 4. The van der Waals surface area contributed by atoms with Crippen molar-refractivity contribution in [3.63, 3.8) is 0 Å². The molecule has 2 amide bonds. The van der Waals surface area contributed by atoms with E-state index >= 15 is 0 Å². The fourth-order valence-electron chi connectivity index (χ4n) is 1.22. The van der Waals surface area contributed by atoms with Crippen LogP contribution in [0.5, 0.6) is 0 Å². The first-order chi connectivity index (χ1) is 8.40. The van der Waals surface area contributed by atoms with Gasteiger partial charge in [-0.15, -0.1) is 6.42 Å². The molecule has 0 aliphatic carbocycles. The van der Waals surface area contributed by atoms with Gasteiger partial charge in [0.2, 0.25) is 0 Å². The minimum atomic E-state index is -1.48. The topological polar surface area (TPSA) is 116 Å². The Morgan fingerprint density at radius 3 is 2.28 bits per heavy atom. The third-order valence-corrected chi connectivity index (χ3v) is 2.07. The third-order valence-electron chi connectivity index (χ3n) is 2.07. The highest BCUT2D eigenvalue weighted by Gasteiger charge is 2.23. The van der Waals surface area contributed by atoms with Crippen LogP contribution < -0.4 is 10.6 Å². The summed E-state index contributed by atoms with van der Waals surface area (Å²) in [5.41, 5.74) is 0. The Kier molecular flexibility index (Phi) is 6.96. The molecular weight excluding hydrogens is 240 g/mol. The molecule has 0 spiro atoms. The van der Waals surface area contributed by atoms with Crippen molar-refractivity contribution in [2.24, 2.45) is 0 Å². The lowest BCUT2D eigenvalue weighted by molar-refractivity contribution is -0.145. The van der Waals surface area contributed by atoms with Crippen molar-refractivity contribution in [1.29, 1.82) is 0 Å². The molecule has 0 aromatic carbocycles. The van der Waals surface area contributed by atoms with Gasteiger partial charge in [0.05, 0.1) is 12.5 Å². The number of aliphatic carboxylic acids is 2. The second-order valence-electron chi connectivity index (χ2n) is 3.61. The number of hydrogen-bond acceptors (Lipinski definition) is 3. The molecule has 0 fully saturated rings. The molecule has 0 rings (SSSR count). The van der Waals surface area contributed by atoms with E-state index in [2.05, 4.69) is 11.2 Å². The van der Waals surface area contributed by atoms with Crippen molar-refractivity contribution in [1.82, 2.24) is 10.6 Å². The van der Waals surface area contributed by atoms with Gasteiger partial charge in [0.25, 0.3) is 0 Å². The lowest BCUT2D eigenvalue weighted by Gasteiger charge is -2.16. The molecule has 100 valence electrons. The summed E-state index contributed by atoms with van der Waals surface area (Å²) in [7, 11) is 0. The van der Waals surface area contributed by atoms with Crippen LogP contribution in [0.4, 0.5) is 4.79 Å². The molecule has 0 aliphatic heterocycles. The van der Waals surface area contributed by atoms with Gasteiger partial charge in [-0.3, -0.25) is 4.79 Å². The van der Waals surface area contributed by atoms with E-state index in [0.29, 0.717) is 6.42 Å². The molecule has 0 heterocycles. The summed E-state index contributed by atoms with van der Waals surface area (Å²) in [4.78, 5) is 32.5. The molecule has 7 nitrogen and oxygen atoms in total. The average Bonchev–Trinajstić information content (AvgIpc) is 2.26. The van der Waals surface area contributed by atoms with Crippen molar-refractivity contribution in [3.8, 4) is 12.3 Å². The van der Waals surface area contributed by atoms with Gasteiger partial charge in [-0.2, -0.15) is 0 Å². The van der Waals surface area contributed by atoms with Gasteiger partial charge in [0.1, 0.15) is 6.04 Å². The Bertz CT molecular complexity index is 361. The van der Waals surface area contributed by atoms with E-state index in [0.717, 1.165) is 6.42 Å². The summed E-state index contributed by atoms with van der Waals surface area (Å²) >= 11 is 0. The second kappa shape index (κ2) is 7.95. The number of nitrogens with one attached hydrogen (secondary N) is 2. The second-order valence-corrected chi connectivity index (χ2v) is 3.61. The number of carboxylic acid groups (broad SMARTS) is 2. The predicted octanol–water partition coefficient (Wildman–Crippen LogP) is 0.0154. The number of carboxylic acids is 2. The molecule has 0 saturated heterocycles. The van der Waals surface area contributed by atoms with Crippen LogP contribution in [0.2, 0.25) is 0 Å². The highest BCUT2D eigenvalue weighted by Crippen LogP contribution is 1.96. The first-order valence-corrected chi connectivity index (χ1v) is 5.38. The third kappa shape index (κ3) is 6.37. The van der Waals surface area contributed by atoms with E-state index in [1.165, 1.54) is 0 Å². The Hall–Kier alpha value is -2.23. The number of terminal acetylenes is 1. The van der Waals surface area contributed by atoms with Gasteiger partial charge in [0, 0.05) is 0 Å². The molecule has 7 heteroatoms. The fourth-order valence-corrected chi connectivity index (χ4v) is 1.22. The van der Waals surface area contributed by atoms with E-state index < -0.39 is 36.5 Å². The number of rotatable bonds is 7. The molecule has 0 bridgehead atoms. The van der Waals surface area contributed by atoms with Crippen LogP contribution in [0.1, 0.15) is 26.2 Å². The van der Waals surface area contributed by atoms with Crippen molar-refractivity contribution in [3.05, 3.63) is 0 Å². The Morgan fingerprint density at radius 2 is 1.89 bits per heavy atom. The molecular formula is C11H16N2O5. The average molecular weight is 256 g/mol. The van der Waals surface area contributed by atoms with Gasteiger partial charge in [-0.1, -0.05) is 19.3 Å². The molecule has 18 heavy (non-hydrogen) atoms. The molecule has 0 aromatic heterocycles. The molecule has 0 radical (unpaired) electrons. The van der Waals surface area contributed by atoms with Crippen LogP contribution >= 0.6 is 0 Å². The number of urea groups is 1. The van der Waals surface area contributed by atoms with Gasteiger partial charge in [0.15, 0.2) is 0 Å². The lowest BCUT2D eigenvalue weighted by Crippen LogP contribution is -2.49. The maximum absolute atomic E-state index is 11.4. The zero-order valence-electron chi connectivity index (χ0n) is 9.97. The number of carbonyl (C=O) groups excluding carboxylic acids is 1. The summed E-state index contributed by atoms with van der Waals surface area (Å²) < 4.78 is 0. The van der Waals surface area contributed by atoms with Gasteiger partial charge in [-0.05, 0) is 6.42 Å². The Balaban J connectivity index is 4.38. The van der Waals surface area contributed by atoms with Crippen LogP contribution in [0.3, 0.4) is 0 Å². The lowest BCUT2D eigenvalue weighted by atomic mass is 10.2. The highest BCUT2D eigenvalue weighted by molar-refractivity contribution is 5.86. The van der Waals surface area contributed by atoms with Crippen molar-refractivity contribution in [2.45, 2.75) is 38.3 Å². The van der Waals surface area contributed by atoms with Crippen molar-refractivity contribution < 1.29 is 24.6 Å². The summed E-state index contributed by atoms with van der Waals surface area (Å²) in [6, 6.07) is -2.78. The van der Waals surface area contributed by atoms with Gasteiger partial charge < -0.3 is 20.8 Å². The Labute approximate surface area is 105 Å². The van der Waals surface area contributed by atoms with Crippen molar-refractivity contribution in [2.75, 3.05) is 0 Å². The van der Waals surface area contributed by atoms with Crippen LogP contribution in [0.15, 0.2) is 0 Å². The van der Waals surface area contributed by atoms with E-state index in [1.54, 1.807) is 0 Å². The molecule has 0 saturated carbocycles. The largest absolute Gasteiger partial charge is 0.481 e. The van der Waals surface area contributed by atoms with E-state index in [1.807, 2.05) is 12.2 Å². The summed E-state index contributed by atoms with van der Waals surface area (Å²) in [6.07, 6.45) is 5.79. The quantitative estimate of drug-likeness (QED) is 0.479. The Morgan fingerprint density at radius 1 is 1.28 bits per heavy atom. The van der Waals surface area contributed by atoms with Crippen LogP contribution in [0.25, 0.3) is 0 Å². The van der Waals surface area contributed by atoms with Crippen molar-refractivity contribution >= 4 is 18.0 Å². The summed E-state index contributed by atoms with van der Waals surface area (Å²) in [5, 5.41) is 21.6. The standard InChI is InChI=1S/C11H16N2O5/c1-3-5-7(4-2)12-11(18)13-8(10(16)17)6-9(14)15/h2,7-8H,3,5-6H2,1H3,(H,14,15)(H,16,17)(H2,12,13,18). The summed E-state index contributed by atoms with van der Waals surface area (Å²) in [5.74, 6) is -0.390. The minimum Gasteiger partial charge on any atom is -0.481 e. The molecule has 0 aliphatic rings. The number of amides is 2. The minimum absolute atomic E-state index is 0.505. The van der Waals surface area contributed by atoms with Gasteiger partial charge >= 0.3 is 18.0 Å². The predicted molar refractivity (Wildman–Crippen MR) is 62.9 cm³/mol. The van der Waals surface area contributed by atoms with E-state index in [9.17, 15) is 14.4 Å². The first-order valence-electron chi connectivity index (χ1n) is 5.38. The molecule has 2 atom stereocenters. The maximum Gasteiger partial charge on any atom is 0.326 e. The molecule has 2 unspecified atom stereocenters. The molecule has 4 N–H and O–H groups in total. The fraction of sp³-hybridized carbons (Fsp3) is 0.545. The number of carbonyl (C=O) groups is 3. The normalized spacial score (nSPS) is 12.9. The zero-order valence-corrected chi connectivity index (χ0v) is 9.97. The zero-order chi connectivity index (χ0) is 14.1. The maximum atomic E-state index is 11.4. The van der Waals surface area contributed by atoms with E-state index in [-0.39, 0.29) is 0 Å². The molecule has 0 aromatic rings. The SMILES string of the molecule is C#CC(CCC)NC(=O)NC(CC(=O)O)C(=O)O. The summed E-state index contributed by atoms with van der Waals surface area (Å²) in [6.45, 7) is 1.88. The van der Waals surface area contributed by atoms with Crippen LogP contribution in [0, 0.1) is 12.3 Å². The van der Waals surface area contributed by atoms with Crippen LogP contribution in [-0.2, 0) is 9.59 Å². The first kappa shape index (κ1) is 15.8. The monoisotopic (exact) mass is 256 g/mol. The van der Waals surface area contributed by atoms with Crippen LogP contribution in [-0.4, -0.2) is 40.3 Å². The van der Waals surface area contributed by atoms with Gasteiger partial charge in [-0.25, -0.2) is 9.59 Å². The smallest absolute Gasteiger partial charge is 0.326 e. The van der Waals surface area contributed by atoms with E-state index in [4.69, 9.17) is 16.6 Å².